The van der Waals surface area contributed by atoms with Crippen molar-refractivity contribution in [3.63, 3.8) is 0 Å². The topological polar surface area (TPSA) is 51.8 Å². The molecule has 0 bridgehead atoms. The van der Waals surface area contributed by atoms with Crippen molar-refractivity contribution in [2.75, 3.05) is 5.73 Å². The van der Waals surface area contributed by atoms with Crippen LogP contribution in [0.4, 0.5) is 5.82 Å². The summed E-state index contributed by atoms with van der Waals surface area (Å²) in [6.45, 7) is 8.73. The van der Waals surface area contributed by atoms with Gasteiger partial charge in [-0.1, -0.05) is 27.7 Å². The summed E-state index contributed by atoms with van der Waals surface area (Å²) in [6, 6.07) is 0. The van der Waals surface area contributed by atoms with Crippen LogP contribution in [-0.4, -0.2) is 9.97 Å². The first-order chi connectivity index (χ1) is 7.33. The van der Waals surface area contributed by atoms with E-state index < -0.39 is 0 Å². The van der Waals surface area contributed by atoms with Crippen LogP contribution >= 0.6 is 15.9 Å². The van der Waals surface area contributed by atoms with Gasteiger partial charge in [-0.2, -0.15) is 0 Å². The lowest BCUT2D eigenvalue weighted by molar-refractivity contribution is 0.605. The zero-order valence-electron chi connectivity index (χ0n) is 10.2. The van der Waals surface area contributed by atoms with Crippen LogP contribution in [0.2, 0.25) is 0 Å². The Hall–Kier alpha value is -0.640. The molecular formula is C12H18BrN3. The molecule has 1 saturated carbocycles. The van der Waals surface area contributed by atoms with Crippen LogP contribution in [0.25, 0.3) is 0 Å². The smallest absolute Gasteiger partial charge is 0.141 e. The average molecular weight is 284 g/mol. The Kier molecular flexibility index (Phi) is 2.73. The summed E-state index contributed by atoms with van der Waals surface area (Å²) in [5, 5.41) is 0. The summed E-state index contributed by atoms with van der Waals surface area (Å²) in [5.74, 6) is 2.31. The molecule has 0 radical (unpaired) electrons. The van der Waals surface area contributed by atoms with Crippen LogP contribution in [-0.2, 0) is 0 Å². The Labute approximate surface area is 105 Å². The van der Waals surface area contributed by atoms with Gasteiger partial charge in [0.15, 0.2) is 0 Å². The van der Waals surface area contributed by atoms with Gasteiger partial charge in [0.05, 0.1) is 10.2 Å². The third kappa shape index (κ3) is 1.95. The van der Waals surface area contributed by atoms with Gasteiger partial charge in [0.25, 0.3) is 0 Å². The van der Waals surface area contributed by atoms with Crippen LogP contribution in [0.15, 0.2) is 4.47 Å². The van der Waals surface area contributed by atoms with Gasteiger partial charge in [-0.15, -0.1) is 0 Å². The standard InChI is InChI=1S/C12H18BrN3/c1-6(2)9-8(13)10(14)16-11(15-9)7-5-12(7,3)4/h6-7H,5H2,1-4H3,(H2,14,15,16). The average Bonchev–Trinajstić information content (AvgIpc) is 2.79. The van der Waals surface area contributed by atoms with E-state index in [2.05, 4.69) is 53.6 Å². The Morgan fingerprint density at radius 2 is 1.94 bits per heavy atom. The van der Waals surface area contributed by atoms with Crippen LogP contribution in [0.3, 0.4) is 0 Å². The molecule has 4 heteroatoms. The summed E-state index contributed by atoms with van der Waals surface area (Å²) >= 11 is 3.46. The van der Waals surface area contributed by atoms with E-state index in [1.807, 2.05) is 0 Å². The quantitative estimate of drug-likeness (QED) is 0.904. The predicted octanol–water partition coefficient (Wildman–Crippen LogP) is 3.46. The second-order valence-corrected chi connectivity index (χ2v) is 6.36. The van der Waals surface area contributed by atoms with Crippen LogP contribution < -0.4 is 5.73 Å². The van der Waals surface area contributed by atoms with Gasteiger partial charge >= 0.3 is 0 Å². The summed E-state index contributed by atoms with van der Waals surface area (Å²) in [5.41, 5.74) is 7.28. The maximum absolute atomic E-state index is 5.92. The highest BCUT2D eigenvalue weighted by molar-refractivity contribution is 9.10. The number of halogens is 1. The zero-order valence-corrected chi connectivity index (χ0v) is 11.8. The number of hydrogen-bond acceptors (Lipinski definition) is 3. The monoisotopic (exact) mass is 283 g/mol. The van der Waals surface area contributed by atoms with Crippen LogP contribution in [0.1, 0.15) is 57.5 Å². The van der Waals surface area contributed by atoms with Crippen molar-refractivity contribution in [1.82, 2.24) is 9.97 Å². The number of anilines is 1. The fraction of sp³-hybridized carbons (Fsp3) is 0.667. The Morgan fingerprint density at radius 3 is 2.38 bits per heavy atom. The molecule has 16 heavy (non-hydrogen) atoms. The van der Waals surface area contributed by atoms with Crippen molar-refractivity contribution in [3.8, 4) is 0 Å². The molecule has 3 nitrogen and oxygen atoms in total. The SMILES string of the molecule is CC(C)c1nc(C2CC2(C)C)nc(N)c1Br. The molecule has 1 aromatic heterocycles. The van der Waals surface area contributed by atoms with Gasteiger partial charge in [0, 0.05) is 5.92 Å². The highest BCUT2D eigenvalue weighted by Gasteiger charge is 2.48. The number of aromatic nitrogens is 2. The second-order valence-electron chi connectivity index (χ2n) is 5.57. The third-order valence-corrected chi connectivity index (χ3v) is 4.10. The maximum atomic E-state index is 5.92. The van der Waals surface area contributed by atoms with Crippen molar-refractivity contribution in [2.45, 2.75) is 46.0 Å². The molecule has 0 saturated heterocycles. The molecule has 1 fully saturated rings. The molecule has 2 N–H and O–H groups in total. The van der Waals surface area contributed by atoms with E-state index in [0.29, 0.717) is 23.1 Å². The number of nitrogens with two attached hydrogens (primary N) is 1. The molecule has 0 amide bonds. The number of nitrogen functional groups attached to an aromatic ring is 1. The molecule has 2 rings (SSSR count). The molecule has 0 spiro atoms. The molecule has 1 aliphatic rings. The number of rotatable bonds is 2. The lowest BCUT2D eigenvalue weighted by Crippen LogP contribution is -2.07. The van der Waals surface area contributed by atoms with E-state index in [4.69, 9.17) is 5.73 Å². The minimum absolute atomic E-state index is 0.342. The van der Waals surface area contributed by atoms with E-state index in [1.165, 1.54) is 0 Å². The molecule has 1 heterocycles. The summed E-state index contributed by atoms with van der Waals surface area (Å²) in [4.78, 5) is 9.05. The first kappa shape index (κ1) is 11.8. The number of nitrogens with zero attached hydrogens (tertiary/aromatic N) is 2. The van der Waals surface area contributed by atoms with Crippen molar-refractivity contribution in [1.29, 1.82) is 0 Å². The summed E-state index contributed by atoms with van der Waals surface area (Å²) in [7, 11) is 0. The Balaban J connectivity index is 2.42. The van der Waals surface area contributed by atoms with Crippen LogP contribution in [0.5, 0.6) is 0 Å². The maximum Gasteiger partial charge on any atom is 0.141 e. The van der Waals surface area contributed by atoms with Crippen molar-refractivity contribution in [3.05, 3.63) is 16.0 Å². The third-order valence-electron chi connectivity index (χ3n) is 3.29. The van der Waals surface area contributed by atoms with Crippen LogP contribution in [0, 0.1) is 5.41 Å². The van der Waals surface area contributed by atoms with Crippen molar-refractivity contribution >= 4 is 21.7 Å². The molecule has 1 aromatic rings. The first-order valence-electron chi connectivity index (χ1n) is 5.65. The van der Waals surface area contributed by atoms with E-state index in [-0.39, 0.29) is 0 Å². The molecular weight excluding hydrogens is 266 g/mol. The number of hydrogen-bond donors (Lipinski definition) is 1. The fourth-order valence-corrected chi connectivity index (χ4v) is 2.58. The summed E-state index contributed by atoms with van der Waals surface area (Å²) in [6.07, 6.45) is 1.16. The van der Waals surface area contributed by atoms with E-state index in [1.54, 1.807) is 0 Å². The van der Waals surface area contributed by atoms with Gasteiger partial charge in [-0.05, 0) is 33.7 Å². The molecule has 1 atom stereocenters. The van der Waals surface area contributed by atoms with E-state index in [9.17, 15) is 0 Å². The first-order valence-corrected chi connectivity index (χ1v) is 6.45. The highest BCUT2D eigenvalue weighted by Crippen LogP contribution is 2.57. The largest absolute Gasteiger partial charge is 0.383 e. The van der Waals surface area contributed by atoms with Gasteiger partial charge in [-0.25, -0.2) is 9.97 Å². The normalized spacial score (nSPS) is 22.5. The predicted molar refractivity (Wildman–Crippen MR) is 69.4 cm³/mol. The fourth-order valence-electron chi connectivity index (χ4n) is 1.95. The van der Waals surface area contributed by atoms with Gasteiger partial charge in [0.1, 0.15) is 11.6 Å². The second kappa shape index (κ2) is 3.69. The zero-order chi connectivity index (χ0) is 12.1. The molecule has 0 aliphatic heterocycles. The Morgan fingerprint density at radius 1 is 1.38 bits per heavy atom. The van der Waals surface area contributed by atoms with Gasteiger partial charge in [0.2, 0.25) is 0 Å². The van der Waals surface area contributed by atoms with Gasteiger partial charge < -0.3 is 5.73 Å². The molecule has 0 aromatic carbocycles. The van der Waals surface area contributed by atoms with Gasteiger partial charge in [-0.3, -0.25) is 0 Å². The summed E-state index contributed by atoms with van der Waals surface area (Å²) < 4.78 is 0.852. The van der Waals surface area contributed by atoms with Crippen molar-refractivity contribution < 1.29 is 0 Å². The van der Waals surface area contributed by atoms with Crippen molar-refractivity contribution in [2.24, 2.45) is 5.41 Å². The van der Waals surface area contributed by atoms with E-state index >= 15 is 0 Å². The minimum Gasteiger partial charge on any atom is -0.383 e. The molecule has 1 aliphatic carbocycles. The Bertz CT molecular complexity index is 427. The lowest BCUT2D eigenvalue weighted by Gasteiger charge is -2.12. The lowest BCUT2D eigenvalue weighted by atomic mass is 10.1. The minimum atomic E-state index is 0.342. The van der Waals surface area contributed by atoms with E-state index in [0.717, 1.165) is 22.4 Å². The highest BCUT2D eigenvalue weighted by atomic mass is 79.9. The molecule has 88 valence electrons. The molecule has 1 unspecified atom stereocenters.